The molecule has 12 rings (SSSR count). The fraction of sp³-hybridized carbons (Fsp3) is 0.118. The number of halogens is 2. The second kappa shape index (κ2) is 18.9. The zero-order valence-electron chi connectivity index (χ0n) is 42.8. The van der Waals surface area contributed by atoms with E-state index in [0.717, 1.165) is 94.8 Å². The molecule has 0 aliphatic heterocycles. The van der Waals surface area contributed by atoms with Crippen molar-refractivity contribution < 1.29 is 8.83 Å². The lowest BCUT2D eigenvalue weighted by Gasteiger charge is -2.33. The number of nitrogens with zero attached hydrogens (tertiary/aromatic N) is 3. The standard InChI is InChI=1S/C68H55Cl2N3O2/c1-67(2,3)46-26-30-49(31-27-46)72(60-39-48(69)40-61(66(60)70)73(50-32-28-47(29-33-50)68(4,5)6)55-34-36-58-56-22-10-12-24-62(56)75-65(58)43-55)53-21-15-20-52(41-53)71(51-19-14-18-45(38-51)44-16-8-7-9-17-44)54-35-37-64-59(42-54)57-23-11-13-25-63(57)74-64/h7-43H,1-6H3. The molecular weight excluding hydrogens is 962 g/mol. The molecule has 0 saturated heterocycles. The molecule has 7 heteroatoms. The number of furan rings is 2. The lowest BCUT2D eigenvalue weighted by Crippen LogP contribution is -2.16. The first-order valence-electron chi connectivity index (χ1n) is 25.4. The Bertz CT molecular complexity index is 4070. The molecule has 75 heavy (non-hydrogen) atoms. The molecule has 5 nitrogen and oxygen atoms in total. The monoisotopic (exact) mass is 1020 g/mol. The number of fused-ring (bicyclic) bond motifs is 6. The normalized spacial score (nSPS) is 12.0. The smallest absolute Gasteiger partial charge is 0.137 e. The molecule has 0 atom stereocenters. The number of para-hydroxylation sites is 2. The van der Waals surface area contributed by atoms with Gasteiger partial charge in [0.15, 0.2) is 0 Å². The van der Waals surface area contributed by atoms with Gasteiger partial charge in [0.25, 0.3) is 0 Å². The fourth-order valence-electron chi connectivity index (χ4n) is 10.3. The molecule has 0 aliphatic carbocycles. The van der Waals surface area contributed by atoms with Crippen LogP contribution in [0.2, 0.25) is 10.0 Å². The molecule has 0 N–H and O–H groups in total. The molecule has 12 aromatic rings. The molecule has 10 aromatic carbocycles. The van der Waals surface area contributed by atoms with Crippen LogP contribution in [0.25, 0.3) is 55.0 Å². The van der Waals surface area contributed by atoms with Crippen molar-refractivity contribution in [1.82, 2.24) is 0 Å². The van der Waals surface area contributed by atoms with E-state index in [9.17, 15) is 0 Å². The van der Waals surface area contributed by atoms with Crippen LogP contribution in [0, 0.1) is 0 Å². The molecule has 2 aromatic heterocycles. The maximum Gasteiger partial charge on any atom is 0.137 e. The predicted octanol–water partition coefficient (Wildman–Crippen LogP) is 21.5. The number of hydrogen-bond acceptors (Lipinski definition) is 5. The third kappa shape index (κ3) is 9.07. The van der Waals surface area contributed by atoms with Crippen molar-refractivity contribution in [3.8, 4) is 11.1 Å². The minimum atomic E-state index is -0.0651. The summed E-state index contributed by atoms with van der Waals surface area (Å²) in [5.74, 6) is 0. The first kappa shape index (κ1) is 47.8. The van der Waals surface area contributed by atoms with Crippen molar-refractivity contribution >= 4 is 118 Å². The Morgan fingerprint density at radius 3 is 1.33 bits per heavy atom. The van der Waals surface area contributed by atoms with Gasteiger partial charge in [0.2, 0.25) is 0 Å². The average molecular weight is 1020 g/mol. The Balaban J connectivity index is 1.06. The summed E-state index contributed by atoms with van der Waals surface area (Å²) in [5.41, 5.74) is 15.8. The van der Waals surface area contributed by atoms with Gasteiger partial charge < -0.3 is 23.5 Å². The maximum absolute atomic E-state index is 8.04. The van der Waals surface area contributed by atoms with E-state index in [-0.39, 0.29) is 10.8 Å². The number of rotatable bonds is 10. The van der Waals surface area contributed by atoms with E-state index in [0.29, 0.717) is 21.4 Å². The molecule has 0 bridgehead atoms. The number of hydrogen-bond donors (Lipinski definition) is 0. The summed E-state index contributed by atoms with van der Waals surface area (Å²) in [4.78, 5) is 6.73. The van der Waals surface area contributed by atoms with Crippen molar-refractivity contribution in [2.24, 2.45) is 0 Å². The summed E-state index contributed by atoms with van der Waals surface area (Å²) < 4.78 is 12.9. The zero-order valence-corrected chi connectivity index (χ0v) is 44.3. The highest BCUT2D eigenvalue weighted by molar-refractivity contribution is 6.38. The van der Waals surface area contributed by atoms with Crippen molar-refractivity contribution in [2.75, 3.05) is 14.7 Å². The van der Waals surface area contributed by atoms with Gasteiger partial charge in [0.1, 0.15) is 22.3 Å². The summed E-state index contributed by atoms with van der Waals surface area (Å²) >= 11 is 15.5. The van der Waals surface area contributed by atoms with E-state index in [4.69, 9.17) is 32.0 Å². The van der Waals surface area contributed by atoms with E-state index in [1.807, 2.05) is 42.5 Å². The van der Waals surface area contributed by atoms with Gasteiger partial charge in [-0.3, -0.25) is 0 Å². The van der Waals surface area contributed by atoms with E-state index in [1.54, 1.807) is 0 Å². The van der Waals surface area contributed by atoms with E-state index < -0.39 is 0 Å². The molecular formula is C68H55Cl2N3O2. The highest BCUT2D eigenvalue weighted by atomic mass is 35.5. The summed E-state index contributed by atoms with van der Waals surface area (Å²) in [6.45, 7) is 13.4. The molecule has 2 heterocycles. The molecule has 0 unspecified atom stereocenters. The summed E-state index contributed by atoms with van der Waals surface area (Å²) in [6.07, 6.45) is 0. The molecule has 0 aliphatic rings. The van der Waals surface area contributed by atoms with Gasteiger partial charge in [-0.1, -0.05) is 174 Å². The number of benzene rings is 10. The lowest BCUT2D eigenvalue weighted by molar-refractivity contribution is 0.590. The quantitative estimate of drug-likeness (QED) is 0.136. The van der Waals surface area contributed by atoms with Crippen molar-refractivity contribution in [1.29, 1.82) is 0 Å². The van der Waals surface area contributed by atoms with E-state index in [1.165, 1.54) is 11.1 Å². The Morgan fingerprint density at radius 1 is 0.307 bits per heavy atom. The Hall–Kier alpha value is -8.22. The average Bonchev–Trinajstić information content (AvgIpc) is 3.99. The van der Waals surface area contributed by atoms with Crippen LogP contribution >= 0.6 is 23.2 Å². The minimum absolute atomic E-state index is 0.0460. The Kier molecular flexibility index (Phi) is 12.1. The van der Waals surface area contributed by atoms with Gasteiger partial charge in [0, 0.05) is 72.4 Å². The molecule has 0 radical (unpaired) electrons. The number of anilines is 9. The Morgan fingerprint density at radius 2 is 0.733 bits per heavy atom. The largest absolute Gasteiger partial charge is 0.456 e. The molecule has 0 saturated carbocycles. The highest BCUT2D eigenvalue weighted by Gasteiger charge is 2.27. The third-order valence-electron chi connectivity index (χ3n) is 14.3. The third-order valence-corrected chi connectivity index (χ3v) is 14.9. The summed E-state index contributed by atoms with van der Waals surface area (Å²) in [5, 5.41) is 5.25. The van der Waals surface area contributed by atoms with Crippen LogP contribution in [-0.2, 0) is 10.8 Å². The van der Waals surface area contributed by atoms with Gasteiger partial charge in [0.05, 0.1) is 16.4 Å². The van der Waals surface area contributed by atoms with Crippen LogP contribution in [0.1, 0.15) is 52.7 Å². The van der Waals surface area contributed by atoms with Gasteiger partial charge in [-0.05, 0) is 142 Å². The van der Waals surface area contributed by atoms with Crippen LogP contribution in [0.5, 0.6) is 0 Å². The predicted molar refractivity (Wildman–Crippen MR) is 318 cm³/mol. The van der Waals surface area contributed by atoms with Crippen molar-refractivity contribution in [3.05, 3.63) is 246 Å². The molecule has 0 spiro atoms. The van der Waals surface area contributed by atoms with Crippen LogP contribution < -0.4 is 14.7 Å². The first-order chi connectivity index (χ1) is 36.2. The van der Waals surface area contributed by atoms with E-state index in [2.05, 4.69) is 238 Å². The first-order valence-corrected chi connectivity index (χ1v) is 26.2. The zero-order chi connectivity index (χ0) is 51.6. The maximum atomic E-state index is 8.04. The van der Waals surface area contributed by atoms with Crippen LogP contribution in [0.15, 0.2) is 233 Å². The minimum Gasteiger partial charge on any atom is -0.456 e. The highest BCUT2D eigenvalue weighted by Crippen LogP contribution is 2.51. The molecule has 0 fully saturated rings. The van der Waals surface area contributed by atoms with Crippen LogP contribution in [0.4, 0.5) is 51.2 Å². The van der Waals surface area contributed by atoms with Crippen LogP contribution in [-0.4, -0.2) is 0 Å². The van der Waals surface area contributed by atoms with Crippen LogP contribution in [0.3, 0.4) is 0 Å². The van der Waals surface area contributed by atoms with E-state index >= 15 is 0 Å². The van der Waals surface area contributed by atoms with Gasteiger partial charge in [-0.15, -0.1) is 0 Å². The summed E-state index contributed by atoms with van der Waals surface area (Å²) in [6, 6.07) is 78.5. The van der Waals surface area contributed by atoms with Gasteiger partial charge in [-0.2, -0.15) is 0 Å². The molecule has 368 valence electrons. The van der Waals surface area contributed by atoms with Crippen molar-refractivity contribution in [3.63, 3.8) is 0 Å². The summed E-state index contributed by atoms with van der Waals surface area (Å²) in [7, 11) is 0. The second-order valence-electron chi connectivity index (χ2n) is 21.4. The lowest BCUT2D eigenvalue weighted by atomic mass is 9.87. The van der Waals surface area contributed by atoms with Gasteiger partial charge >= 0.3 is 0 Å². The Labute approximate surface area is 448 Å². The second-order valence-corrected chi connectivity index (χ2v) is 22.2. The molecule has 0 amide bonds. The van der Waals surface area contributed by atoms with Crippen molar-refractivity contribution in [2.45, 2.75) is 52.4 Å². The SMILES string of the molecule is CC(C)(C)c1ccc(N(c2cccc(N(c3cccc(-c4ccccc4)c3)c3ccc4oc5ccccc5c4c3)c2)c2cc(Cl)cc(N(c3ccc(C(C)(C)C)cc3)c3ccc4c(c3)oc3ccccc34)c2Cl)cc1. The fourth-order valence-corrected chi connectivity index (χ4v) is 10.8. The topological polar surface area (TPSA) is 36.0 Å². The van der Waals surface area contributed by atoms with Gasteiger partial charge in [-0.25, -0.2) is 0 Å².